The van der Waals surface area contributed by atoms with Crippen LogP contribution in [0.5, 0.6) is 0 Å². The average molecular weight is 1610 g/mol. The molecule has 0 aliphatic heterocycles. The quantitative estimate of drug-likeness (QED) is 0.0690. The van der Waals surface area contributed by atoms with Crippen molar-refractivity contribution in [3.63, 3.8) is 0 Å². The molecular formula is C71H53F5Ir2N6O7S-4. The molecule has 13 nitrogen and oxygen atoms in total. The van der Waals surface area contributed by atoms with Gasteiger partial charge < -0.3 is 38.6 Å². The smallest absolute Gasteiger partial charge is 0.485 e. The first kappa shape index (κ1) is 71.7. The van der Waals surface area contributed by atoms with Crippen LogP contribution in [0.3, 0.4) is 0 Å². The van der Waals surface area contributed by atoms with Crippen molar-refractivity contribution in [2.45, 2.75) is 19.4 Å². The van der Waals surface area contributed by atoms with Crippen LogP contribution in [0, 0.1) is 43.7 Å². The molecule has 0 aliphatic carbocycles. The topological polar surface area (TPSA) is 201 Å². The van der Waals surface area contributed by atoms with Gasteiger partial charge in [0.15, 0.2) is 10.1 Å². The molecule has 14 aromatic rings. The number of nitrogens with zero attached hydrogens (tertiary/aromatic N) is 6. The summed E-state index contributed by atoms with van der Waals surface area (Å²) >= 11 is 0. The standard InChI is InChI=1S/C23H15FN2O.C23H14FN2O.2C11H8N.CHF3O3S.2CH4O.2Ir/c2*1-14-5-10-19-18-3-2-4-20(22(18)27-23(19)26-14)21-13-16(11-12-25-21)15-6-8-17(24)9-7-15;2*1-2-6-10(7-3-1)11-8-4-5-9-12-11;2-1(3,4)8(5,6)7;2*1-2;;/h2-13H,1H3;2-3,5-13H,1H3;2*1-6,8-9H;(H,5,6,7);2*2H,1H3;;/q;3*-1;;;;;/p-1. The van der Waals surface area contributed by atoms with Gasteiger partial charge in [-0.25, -0.2) is 27.2 Å². The van der Waals surface area contributed by atoms with Gasteiger partial charge in [0.1, 0.15) is 17.2 Å². The number of alkyl halides is 3. The van der Waals surface area contributed by atoms with Crippen LogP contribution < -0.4 is 0 Å². The first-order valence-corrected chi connectivity index (χ1v) is 28.6. The van der Waals surface area contributed by atoms with Crippen LogP contribution >= 0.6 is 0 Å². The first-order chi connectivity index (χ1) is 43.6. The maximum Gasteiger partial charge on any atom is 0.485 e. The summed E-state index contributed by atoms with van der Waals surface area (Å²) in [6, 6.07) is 75.4. The number of hydrogen-bond donors (Lipinski definition) is 2. The molecule has 0 bridgehead atoms. The second-order valence-corrected chi connectivity index (χ2v) is 20.2. The zero-order valence-corrected chi connectivity index (χ0v) is 54.7. The Balaban J connectivity index is 0.000000192. The van der Waals surface area contributed by atoms with Crippen molar-refractivity contribution in [2.24, 2.45) is 0 Å². The summed E-state index contributed by atoms with van der Waals surface area (Å²) in [5.41, 5.74) is 9.97. The number of aliphatic hydroxyl groups is 2. The second kappa shape index (κ2) is 34.1. The number of fused-ring (bicyclic) bond motifs is 6. The fraction of sp³-hybridized carbons (Fsp3) is 0.0704. The molecule has 8 heterocycles. The number of aliphatic hydroxyl groups excluding tert-OH is 2. The van der Waals surface area contributed by atoms with Crippen molar-refractivity contribution >= 4 is 54.3 Å². The summed E-state index contributed by atoms with van der Waals surface area (Å²) in [5, 5.41) is 18.0. The van der Waals surface area contributed by atoms with Gasteiger partial charge in [-0.05, 0) is 138 Å². The number of pyridine rings is 6. The number of furan rings is 2. The maximum absolute atomic E-state index is 13.2. The number of halogens is 5. The third-order valence-electron chi connectivity index (χ3n) is 12.9. The Kier molecular flexibility index (Phi) is 26.6. The van der Waals surface area contributed by atoms with Crippen LogP contribution in [0.4, 0.5) is 22.0 Å². The first-order valence-electron chi connectivity index (χ1n) is 27.2. The fourth-order valence-electron chi connectivity index (χ4n) is 8.82. The molecule has 472 valence electrons. The molecule has 8 aromatic heterocycles. The van der Waals surface area contributed by atoms with E-state index in [0.717, 1.165) is 120 Å². The molecule has 14 rings (SSSR count). The van der Waals surface area contributed by atoms with E-state index in [2.05, 4.69) is 48.1 Å². The number of aromatic nitrogens is 6. The van der Waals surface area contributed by atoms with E-state index in [9.17, 15) is 22.0 Å². The van der Waals surface area contributed by atoms with E-state index in [1.807, 2.05) is 178 Å². The van der Waals surface area contributed by atoms with E-state index in [4.69, 9.17) is 32.0 Å². The van der Waals surface area contributed by atoms with Crippen molar-refractivity contribution < 1.29 is 94.2 Å². The Morgan fingerprint density at radius 2 is 0.870 bits per heavy atom. The van der Waals surface area contributed by atoms with Gasteiger partial charge in [-0.1, -0.05) is 77.7 Å². The maximum atomic E-state index is 13.2. The van der Waals surface area contributed by atoms with Gasteiger partial charge in [0, 0.05) is 112 Å². The number of aryl methyl sites for hydroxylation is 2. The molecular weight excluding hydrogens is 1560 g/mol. The Morgan fingerprint density at radius 1 is 0.435 bits per heavy atom. The van der Waals surface area contributed by atoms with Gasteiger partial charge in [0.05, 0.1) is 11.3 Å². The summed E-state index contributed by atoms with van der Waals surface area (Å²) in [4.78, 5) is 26.5. The molecule has 21 heteroatoms. The molecule has 0 unspecified atom stereocenters. The van der Waals surface area contributed by atoms with Crippen molar-refractivity contribution in [3.05, 3.63) is 278 Å². The van der Waals surface area contributed by atoms with Crippen molar-refractivity contribution in [2.75, 3.05) is 14.2 Å². The third-order valence-corrected chi connectivity index (χ3v) is 13.5. The molecule has 0 aliphatic rings. The molecule has 0 atom stereocenters. The Hall–Kier alpha value is -9.40. The van der Waals surface area contributed by atoms with E-state index in [-0.39, 0.29) is 51.8 Å². The van der Waals surface area contributed by atoms with Crippen LogP contribution in [-0.2, 0) is 50.3 Å². The van der Waals surface area contributed by atoms with Gasteiger partial charge >= 0.3 is 5.51 Å². The Morgan fingerprint density at radius 3 is 1.32 bits per heavy atom. The number of hydrogen-bond acceptors (Lipinski definition) is 13. The fourth-order valence-corrected chi connectivity index (χ4v) is 8.82. The van der Waals surface area contributed by atoms with Crippen LogP contribution in [-0.4, -0.2) is 72.8 Å². The molecule has 0 saturated heterocycles. The molecule has 0 spiro atoms. The van der Waals surface area contributed by atoms with E-state index in [1.54, 1.807) is 49.1 Å². The van der Waals surface area contributed by atoms with Crippen molar-refractivity contribution in [3.8, 4) is 67.3 Å². The summed E-state index contributed by atoms with van der Waals surface area (Å²) < 4.78 is 97.5. The van der Waals surface area contributed by atoms with Gasteiger partial charge in [-0.3, -0.25) is 4.98 Å². The zero-order chi connectivity index (χ0) is 64.2. The summed E-state index contributed by atoms with van der Waals surface area (Å²) in [5.74, 6) is -0.501. The summed E-state index contributed by atoms with van der Waals surface area (Å²) in [6.07, 6.45) is 7.08. The molecule has 0 saturated carbocycles. The van der Waals surface area contributed by atoms with Crippen molar-refractivity contribution in [1.82, 2.24) is 29.9 Å². The molecule has 0 amide bonds. The van der Waals surface area contributed by atoms with Gasteiger partial charge in [0.2, 0.25) is 11.4 Å². The van der Waals surface area contributed by atoms with E-state index < -0.39 is 15.6 Å². The minimum absolute atomic E-state index is 0. The van der Waals surface area contributed by atoms with Gasteiger partial charge in [0.25, 0.3) is 0 Å². The minimum Gasteiger partial charge on any atom is -0.741 e. The molecule has 6 aromatic carbocycles. The SMILES string of the molecule is CO.CO.Cc1ccc2c(n1)oc1c(-c3cc(-c4ccc(F)cc4)ccn3)[c-]ccc12.Cc1ccc2c(n1)oc1c(-c3cc(-c4ccc(F)cc4)ccn3)cccc12.O=S(=O)([O-])C(F)(F)F.[Ir].[Ir].[c-]1ccccc1-c1ccccn1.[c-]1ccccc1-c1ccccn1. The van der Waals surface area contributed by atoms with Gasteiger partial charge in [-0.2, -0.15) is 13.2 Å². The monoisotopic (exact) mass is 1610 g/mol. The molecule has 2 N–H and O–H groups in total. The Labute approximate surface area is 553 Å². The van der Waals surface area contributed by atoms with Crippen molar-refractivity contribution in [1.29, 1.82) is 0 Å². The van der Waals surface area contributed by atoms with Crippen LogP contribution in [0.15, 0.2) is 246 Å². The molecule has 92 heavy (non-hydrogen) atoms. The number of benzene rings is 6. The largest absolute Gasteiger partial charge is 0.741 e. The second-order valence-electron chi connectivity index (χ2n) is 18.8. The number of para-hydroxylation sites is 1. The van der Waals surface area contributed by atoms with Gasteiger partial charge in [-0.15, -0.1) is 90.0 Å². The Bertz CT molecular complexity index is 4360. The van der Waals surface area contributed by atoms with Crippen LogP contribution in [0.1, 0.15) is 11.4 Å². The van der Waals surface area contributed by atoms with Crippen LogP contribution in [0.25, 0.3) is 111 Å². The zero-order valence-electron chi connectivity index (χ0n) is 49.1. The predicted octanol–water partition coefficient (Wildman–Crippen LogP) is 16.5. The minimum atomic E-state index is -6.09. The van der Waals surface area contributed by atoms with Crippen LogP contribution in [0.2, 0.25) is 0 Å². The normalized spacial score (nSPS) is 10.5. The third kappa shape index (κ3) is 18.6. The van der Waals surface area contributed by atoms with E-state index in [0.29, 0.717) is 17.0 Å². The molecule has 0 fully saturated rings. The predicted molar refractivity (Wildman–Crippen MR) is 338 cm³/mol. The average Bonchev–Trinajstić information content (AvgIpc) is 1.61. The summed E-state index contributed by atoms with van der Waals surface area (Å²) in [7, 11) is -4.09. The summed E-state index contributed by atoms with van der Waals surface area (Å²) in [6.45, 7) is 3.88. The van der Waals surface area contributed by atoms with E-state index in [1.165, 1.54) is 24.3 Å². The van der Waals surface area contributed by atoms with E-state index >= 15 is 0 Å². The molecule has 2 radical (unpaired) electrons. The number of rotatable bonds is 6.